The van der Waals surface area contributed by atoms with Crippen LogP contribution < -0.4 is 0 Å². The molecular formula is C16H14BrClN4O. The van der Waals surface area contributed by atoms with Crippen LogP contribution in [0.5, 0.6) is 0 Å². The third kappa shape index (κ3) is 3.60. The number of aryl methyl sites for hydroxylation is 1. The number of benzene rings is 1. The van der Waals surface area contributed by atoms with Gasteiger partial charge in [0, 0.05) is 21.9 Å². The first-order valence-electron chi connectivity index (χ1n) is 6.97. The van der Waals surface area contributed by atoms with E-state index in [9.17, 15) is 5.11 Å². The van der Waals surface area contributed by atoms with E-state index in [1.165, 1.54) is 12.5 Å². The zero-order valence-electron chi connectivity index (χ0n) is 12.3. The Balaban J connectivity index is 1.87. The van der Waals surface area contributed by atoms with Crippen molar-refractivity contribution in [1.29, 1.82) is 0 Å². The molecule has 0 bridgehead atoms. The summed E-state index contributed by atoms with van der Waals surface area (Å²) in [4.78, 5) is 7.79. The second-order valence-electron chi connectivity index (χ2n) is 5.17. The minimum Gasteiger partial charge on any atom is -0.382 e. The zero-order chi connectivity index (χ0) is 16.4. The Kier molecular flexibility index (Phi) is 4.75. The molecule has 0 radical (unpaired) electrons. The smallest absolute Gasteiger partial charge is 0.138 e. The van der Waals surface area contributed by atoms with Crippen molar-refractivity contribution in [3.63, 3.8) is 0 Å². The molecule has 118 valence electrons. The summed E-state index contributed by atoms with van der Waals surface area (Å²) in [6.45, 7) is 2.57. The largest absolute Gasteiger partial charge is 0.382 e. The van der Waals surface area contributed by atoms with Crippen LogP contribution in [0.3, 0.4) is 0 Å². The first-order valence-corrected chi connectivity index (χ1v) is 8.14. The molecule has 0 amide bonds. The minimum absolute atomic E-state index is 0.228. The molecule has 0 saturated heterocycles. The lowest BCUT2D eigenvalue weighted by molar-refractivity contribution is 0.213. The Morgan fingerprint density at radius 1 is 1.35 bits per heavy atom. The first-order chi connectivity index (χ1) is 11.0. The van der Waals surface area contributed by atoms with E-state index in [0.29, 0.717) is 17.8 Å². The fourth-order valence-corrected chi connectivity index (χ4v) is 2.95. The Morgan fingerprint density at radius 2 is 2.17 bits per heavy atom. The van der Waals surface area contributed by atoms with Gasteiger partial charge in [-0.25, -0.2) is 9.97 Å². The molecule has 0 spiro atoms. The Labute approximate surface area is 147 Å². The molecule has 0 aliphatic carbocycles. The number of nitrogens with zero attached hydrogens (tertiary/aromatic N) is 4. The van der Waals surface area contributed by atoms with E-state index >= 15 is 0 Å². The molecule has 3 aromatic rings. The van der Waals surface area contributed by atoms with Crippen molar-refractivity contribution in [2.24, 2.45) is 0 Å². The van der Waals surface area contributed by atoms with Crippen LogP contribution in [0.1, 0.15) is 28.6 Å². The van der Waals surface area contributed by atoms with Crippen LogP contribution in [0.25, 0.3) is 0 Å². The fourth-order valence-electron chi connectivity index (χ4n) is 2.31. The summed E-state index contributed by atoms with van der Waals surface area (Å²) in [5.74, 6) is 0. The molecular weight excluding hydrogens is 380 g/mol. The van der Waals surface area contributed by atoms with Crippen molar-refractivity contribution < 1.29 is 5.11 Å². The molecule has 23 heavy (non-hydrogen) atoms. The van der Waals surface area contributed by atoms with Crippen LogP contribution >= 0.6 is 27.5 Å². The molecule has 0 fully saturated rings. The standard InChI is InChI=1S/C16H14BrClN4O/c1-10-5-14(15(23)13-7-19-9-20-16(13)18)21-22(10)8-11-3-2-4-12(17)6-11/h2-7,9,15,23H,8H2,1H3. The van der Waals surface area contributed by atoms with Gasteiger partial charge in [-0.3, -0.25) is 4.68 Å². The van der Waals surface area contributed by atoms with Gasteiger partial charge in [-0.2, -0.15) is 5.10 Å². The number of hydrogen-bond acceptors (Lipinski definition) is 4. The number of halogens is 2. The van der Waals surface area contributed by atoms with Crippen LogP contribution in [-0.2, 0) is 6.54 Å². The fraction of sp³-hybridized carbons (Fsp3) is 0.188. The predicted octanol–water partition coefficient (Wildman–Crippen LogP) is 3.53. The summed E-state index contributed by atoms with van der Waals surface area (Å²) in [6.07, 6.45) is 1.89. The maximum absolute atomic E-state index is 10.5. The van der Waals surface area contributed by atoms with Crippen LogP contribution in [0.2, 0.25) is 5.15 Å². The van der Waals surface area contributed by atoms with Crippen LogP contribution in [0.4, 0.5) is 0 Å². The molecule has 1 unspecified atom stereocenters. The highest BCUT2D eigenvalue weighted by atomic mass is 79.9. The van der Waals surface area contributed by atoms with Gasteiger partial charge in [0.1, 0.15) is 17.6 Å². The van der Waals surface area contributed by atoms with Gasteiger partial charge >= 0.3 is 0 Å². The van der Waals surface area contributed by atoms with Crippen molar-refractivity contribution in [3.05, 3.63) is 75.0 Å². The summed E-state index contributed by atoms with van der Waals surface area (Å²) < 4.78 is 2.87. The molecule has 1 aromatic carbocycles. The number of rotatable bonds is 4. The van der Waals surface area contributed by atoms with E-state index in [4.69, 9.17) is 11.6 Å². The van der Waals surface area contributed by atoms with E-state index in [1.54, 1.807) is 0 Å². The van der Waals surface area contributed by atoms with Gasteiger partial charge in [-0.1, -0.05) is 39.7 Å². The van der Waals surface area contributed by atoms with Crippen molar-refractivity contribution >= 4 is 27.5 Å². The topological polar surface area (TPSA) is 63.8 Å². The van der Waals surface area contributed by atoms with E-state index in [-0.39, 0.29) is 5.15 Å². The summed E-state index contributed by atoms with van der Waals surface area (Å²) in [5, 5.41) is 15.2. The molecule has 1 N–H and O–H groups in total. The van der Waals surface area contributed by atoms with E-state index in [0.717, 1.165) is 15.7 Å². The molecule has 2 aromatic heterocycles. The molecule has 2 heterocycles. The van der Waals surface area contributed by atoms with Crippen LogP contribution in [0, 0.1) is 6.92 Å². The highest BCUT2D eigenvalue weighted by Crippen LogP contribution is 2.26. The van der Waals surface area contributed by atoms with Crippen molar-refractivity contribution in [2.75, 3.05) is 0 Å². The van der Waals surface area contributed by atoms with Gasteiger partial charge in [0.2, 0.25) is 0 Å². The third-order valence-electron chi connectivity index (χ3n) is 3.49. The van der Waals surface area contributed by atoms with Gasteiger partial charge in [0.05, 0.1) is 12.2 Å². The predicted molar refractivity (Wildman–Crippen MR) is 91.3 cm³/mol. The van der Waals surface area contributed by atoms with Gasteiger partial charge < -0.3 is 5.11 Å². The SMILES string of the molecule is Cc1cc(C(O)c2cncnc2Cl)nn1Cc1cccc(Br)c1. The molecule has 5 nitrogen and oxygen atoms in total. The highest BCUT2D eigenvalue weighted by Gasteiger charge is 2.19. The molecule has 7 heteroatoms. The van der Waals surface area contributed by atoms with Gasteiger partial charge in [-0.05, 0) is 30.7 Å². The molecule has 0 aliphatic heterocycles. The lowest BCUT2D eigenvalue weighted by atomic mass is 10.1. The average molecular weight is 394 g/mol. The van der Waals surface area contributed by atoms with Crippen molar-refractivity contribution in [1.82, 2.24) is 19.7 Å². The first kappa shape index (κ1) is 16.1. The third-order valence-corrected chi connectivity index (χ3v) is 4.29. The average Bonchev–Trinajstić information content (AvgIpc) is 2.88. The Bertz CT molecular complexity index is 836. The van der Waals surface area contributed by atoms with Gasteiger partial charge in [0.25, 0.3) is 0 Å². The summed E-state index contributed by atoms with van der Waals surface area (Å²) in [7, 11) is 0. The molecule has 0 saturated carbocycles. The quantitative estimate of drug-likeness (QED) is 0.689. The minimum atomic E-state index is -0.953. The summed E-state index contributed by atoms with van der Waals surface area (Å²) in [5.41, 5.74) is 3.04. The van der Waals surface area contributed by atoms with Gasteiger partial charge in [-0.15, -0.1) is 0 Å². The van der Waals surface area contributed by atoms with E-state index < -0.39 is 6.10 Å². The maximum atomic E-state index is 10.5. The lowest BCUT2D eigenvalue weighted by Gasteiger charge is -2.09. The molecule has 1 atom stereocenters. The van der Waals surface area contributed by atoms with E-state index in [1.807, 2.05) is 41.9 Å². The van der Waals surface area contributed by atoms with Crippen molar-refractivity contribution in [2.45, 2.75) is 19.6 Å². The number of hydrogen-bond donors (Lipinski definition) is 1. The number of aliphatic hydroxyl groups excluding tert-OH is 1. The molecule has 3 rings (SSSR count). The molecule has 0 aliphatic rings. The monoisotopic (exact) mass is 392 g/mol. The number of aliphatic hydroxyl groups is 1. The van der Waals surface area contributed by atoms with Crippen LogP contribution in [0.15, 0.2) is 47.3 Å². The van der Waals surface area contributed by atoms with Crippen molar-refractivity contribution in [3.8, 4) is 0 Å². The zero-order valence-corrected chi connectivity index (χ0v) is 14.7. The van der Waals surface area contributed by atoms with E-state index in [2.05, 4.69) is 31.0 Å². The maximum Gasteiger partial charge on any atom is 0.138 e. The number of aromatic nitrogens is 4. The second kappa shape index (κ2) is 6.78. The Hall–Kier alpha value is -1.76. The summed E-state index contributed by atoms with van der Waals surface area (Å²) >= 11 is 9.47. The van der Waals surface area contributed by atoms with Crippen LogP contribution in [-0.4, -0.2) is 24.9 Å². The lowest BCUT2D eigenvalue weighted by Crippen LogP contribution is -2.07. The highest BCUT2D eigenvalue weighted by molar-refractivity contribution is 9.10. The normalized spacial score (nSPS) is 12.3. The summed E-state index contributed by atoms with van der Waals surface area (Å²) in [6, 6.07) is 9.87. The second-order valence-corrected chi connectivity index (χ2v) is 6.44. The van der Waals surface area contributed by atoms with Gasteiger partial charge in [0.15, 0.2) is 0 Å². The Morgan fingerprint density at radius 3 is 2.91 bits per heavy atom.